The molecular weight excluding hydrogens is 336 g/mol. The summed E-state index contributed by atoms with van der Waals surface area (Å²) in [6.45, 7) is 5.53. The van der Waals surface area contributed by atoms with Gasteiger partial charge < -0.3 is 20.0 Å². The summed E-state index contributed by atoms with van der Waals surface area (Å²) in [5.41, 5.74) is 2.61. The van der Waals surface area contributed by atoms with E-state index in [0.29, 0.717) is 0 Å². The normalized spacial score (nSPS) is 15.3. The fourth-order valence-corrected chi connectivity index (χ4v) is 3.40. The molecule has 0 unspecified atom stereocenters. The summed E-state index contributed by atoms with van der Waals surface area (Å²) in [6, 6.07) is 14.8. The third-order valence-electron chi connectivity index (χ3n) is 4.71. The van der Waals surface area contributed by atoms with E-state index in [1.807, 2.05) is 25.4 Å². The molecule has 0 radical (unpaired) electrons. The Labute approximate surface area is 162 Å². The summed E-state index contributed by atoms with van der Waals surface area (Å²) in [7, 11) is 6.05. The van der Waals surface area contributed by atoms with E-state index in [2.05, 4.69) is 74.4 Å². The quantitative estimate of drug-likeness (QED) is 0.648. The first-order valence-corrected chi connectivity index (χ1v) is 9.50. The minimum absolute atomic E-state index is 0.786. The van der Waals surface area contributed by atoms with Crippen molar-refractivity contribution in [2.24, 2.45) is 4.99 Å². The van der Waals surface area contributed by atoms with E-state index in [1.165, 1.54) is 11.1 Å². The molecule has 0 aliphatic carbocycles. The molecule has 6 heteroatoms. The van der Waals surface area contributed by atoms with Crippen molar-refractivity contribution in [1.82, 2.24) is 20.1 Å². The highest BCUT2D eigenvalue weighted by atomic mass is 15.4. The van der Waals surface area contributed by atoms with E-state index in [4.69, 9.17) is 0 Å². The first-order valence-electron chi connectivity index (χ1n) is 9.50. The maximum atomic E-state index is 4.48. The van der Waals surface area contributed by atoms with Crippen LogP contribution in [-0.4, -0.2) is 68.1 Å². The minimum Gasteiger partial charge on any atom is -0.353 e. The number of nitrogens with zero attached hydrogens (tertiary/aromatic N) is 5. The predicted octanol–water partition coefficient (Wildman–Crippen LogP) is 2.04. The molecule has 144 valence electrons. The van der Waals surface area contributed by atoms with Crippen LogP contribution in [0.15, 0.2) is 53.7 Å². The van der Waals surface area contributed by atoms with Gasteiger partial charge in [-0.3, -0.25) is 4.99 Å². The Balaban J connectivity index is 1.53. The van der Waals surface area contributed by atoms with E-state index in [9.17, 15) is 0 Å². The number of hydrogen-bond acceptors (Lipinski definition) is 4. The summed E-state index contributed by atoms with van der Waals surface area (Å²) in [5.74, 6) is 2.02. The number of guanidine groups is 1. The lowest BCUT2D eigenvalue weighted by atomic mass is 10.1. The van der Waals surface area contributed by atoms with Gasteiger partial charge in [-0.1, -0.05) is 30.3 Å². The molecule has 1 aromatic carbocycles. The van der Waals surface area contributed by atoms with Crippen molar-refractivity contribution in [1.29, 1.82) is 0 Å². The molecule has 0 spiro atoms. The molecule has 6 nitrogen and oxygen atoms in total. The molecule has 1 aromatic heterocycles. The Kier molecular flexibility index (Phi) is 6.65. The van der Waals surface area contributed by atoms with Gasteiger partial charge in [-0.05, 0) is 37.4 Å². The fourth-order valence-electron chi connectivity index (χ4n) is 3.40. The van der Waals surface area contributed by atoms with Crippen molar-refractivity contribution >= 4 is 11.8 Å². The second-order valence-corrected chi connectivity index (χ2v) is 7.12. The lowest BCUT2D eigenvalue weighted by Gasteiger charge is -2.37. The van der Waals surface area contributed by atoms with Crippen LogP contribution in [0.3, 0.4) is 0 Å². The van der Waals surface area contributed by atoms with Crippen LogP contribution in [0.2, 0.25) is 0 Å². The highest BCUT2D eigenvalue weighted by Crippen LogP contribution is 2.13. The smallest absolute Gasteiger partial charge is 0.194 e. The van der Waals surface area contributed by atoms with Crippen molar-refractivity contribution < 1.29 is 0 Å². The SMILES string of the molecule is CN=C(NCc1cccc(CN(C)C)c1)N1CCN(c2ccccn2)CC1. The van der Waals surface area contributed by atoms with Gasteiger partial charge in [0, 0.05) is 52.5 Å². The van der Waals surface area contributed by atoms with Gasteiger partial charge in [-0.2, -0.15) is 0 Å². The van der Waals surface area contributed by atoms with Gasteiger partial charge >= 0.3 is 0 Å². The average Bonchev–Trinajstić information content (AvgIpc) is 2.69. The third kappa shape index (κ3) is 5.44. The zero-order chi connectivity index (χ0) is 19.1. The highest BCUT2D eigenvalue weighted by Gasteiger charge is 2.20. The molecule has 0 atom stereocenters. The van der Waals surface area contributed by atoms with Gasteiger partial charge in [0.2, 0.25) is 0 Å². The van der Waals surface area contributed by atoms with Gasteiger partial charge in [-0.25, -0.2) is 4.98 Å². The summed E-state index contributed by atoms with van der Waals surface area (Å²) >= 11 is 0. The number of hydrogen-bond donors (Lipinski definition) is 1. The third-order valence-corrected chi connectivity index (χ3v) is 4.71. The van der Waals surface area contributed by atoms with Gasteiger partial charge in [0.15, 0.2) is 5.96 Å². The topological polar surface area (TPSA) is 47.0 Å². The maximum Gasteiger partial charge on any atom is 0.194 e. The molecule has 1 aliphatic rings. The van der Waals surface area contributed by atoms with E-state index in [0.717, 1.165) is 51.0 Å². The van der Waals surface area contributed by atoms with Crippen molar-refractivity contribution in [3.8, 4) is 0 Å². The summed E-state index contributed by atoms with van der Waals surface area (Å²) in [5, 5.41) is 3.52. The van der Waals surface area contributed by atoms with Crippen molar-refractivity contribution in [3.05, 3.63) is 59.8 Å². The van der Waals surface area contributed by atoms with Crippen LogP contribution in [0.1, 0.15) is 11.1 Å². The number of nitrogens with one attached hydrogen (secondary N) is 1. The Morgan fingerprint density at radius 2 is 1.85 bits per heavy atom. The van der Waals surface area contributed by atoms with Gasteiger partial charge in [0.05, 0.1) is 0 Å². The summed E-state index contributed by atoms with van der Waals surface area (Å²) in [6.07, 6.45) is 1.85. The number of benzene rings is 1. The van der Waals surface area contributed by atoms with Crippen LogP contribution < -0.4 is 10.2 Å². The molecule has 1 aliphatic heterocycles. The molecule has 27 heavy (non-hydrogen) atoms. The number of aromatic nitrogens is 1. The average molecular weight is 367 g/mol. The summed E-state index contributed by atoms with van der Waals surface area (Å²) in [4.78, 5) is 15.8. The van der Waals surface area contributed by atoms with Crippen LogP contribution in [0.25, 0.3) is 0 Å². The molecule has 1 saturated heterocycles. The fraction of sp³-hybridized carbons (Fsp3) is 0.429. The zero-order valence-electron chi connectivity index (χ0n) is 16.6. The molecule has 1 N–H and O–H groups in total. The predicted molar refractivity (Wildman–Crippen MR) is 112 cm³/mol. The van der Waals surface area contributed by atoms with E-state index < -0.39 is 0 Å². The van der Waals surface area contributed by atoms with Crippen LogP contribution in [0.4, 0.5) is 5.82 Å². The van der Waals surface area contributed by atoms with Crippen LogP contribution in [-0.2, 0) is 13.1 Å². The summed E-state index contributed by atoms with van der Waals surface area (Å²) < 4.78 is 0. The number of anilines is 1. The number of piperazine rings is 1. The maximum absolute atomic E-state index is 4.48. The second kappa shape index (κ2) is 9.37. The second-order valence-electron chi connectivity index (χ2n) is 7.12. The Morgan fingerprint density at radius 3 is 2.52 bits per heavy atom. The van der Waals surface area contributed by atoms with E-state index >= 15 is 0 Å². The Morgan fingerprint density at radius 1 is 1.07 bits per heavy atom. The van der Waals surface area contributed by atoms with E-state index in [1.54, 1.807) is 0 Å². The number of aliphatic imine (C=N–C) groups is 1. The monoisotopic (exact) mass is 366 g/mol. The van der Waals surface area contributed by atoms with Gasteiger partial charge in [0.25, 0.3) is 0 Å². The first-order chi connectivity index (χ1) is 13.2. The number of rotatable bonds is 5. The standard InChI is InChI=1S/C21H30N6/c1-22-21(24-16-18-7-6-8-19(15-18)17-25(2)3)27-13-11-26(12-14-27)20-9-4-5-10-23-20/h4-10,15H,11-14,16-17H2,1-3H3,(H,22,24). The largest absolute Gasteiger partial charge is 0.353 e. The van der Waals surface area contributed by atoms with Crippen LogP contribution >= 0.6 is 0 Å². The Bertz CT molecular complexity index is 735. The van der Waals surface area contributed by atoms with Crippen LogP contribution in [0, 0.1) is 0 Å². The first kappa shape index (κ1) is 19.2. The van der Waals surface area contributed by atoms with E-state index in [-0.39, 0.29) is 0 Å². The minimum atomic E-state index is 0.786. The molecule has 3 rings (SSSR count). The van der Waals surface area contributed by atoms with Crippen molar-refractivity contribution in [2.45, 2.75) is 13.1 Å². The Hall–Kier alpha value is -2.60. The van der Waals surface area contributed by atoms with Gasteiger partial charge in [-0.15, -0.1) is 0 Å². The van der Waals surface area contributed by atoms with Crippen molar-refractivity contribution in [3.63, 3.8) is 0 Å². The molecule has 1 fully saturated rings. The number of pyridine rings is 1. The molecule has 0 saturated carbocycles. The molecular formula is C21H30N6. The molecule has 2 heterocycles. The van der Waals surface area contributed by atoms with Crippen LogP contribution in [0.5, 0.6) is 0 Å². The highest BCUT2D eigenvalue weighted by molar-refractivity contribution is 5.80. The van der Waals surface area contributed by atoms with Crippen molar-refractivity contribution in [2.75, 3.05) is 52.2 Å². The lowest BCUT2D eigenvalue weighted by molar-refractivity contribution is 0.371. The zero-order valence-corrected chi connectivity index (χ0v) is 16.6. The molecule has 0 bridgehead atoms. The molecule has 0 amide bonds. The molecule has 2 aromatic rings. The lowest BCUT2D eigenvalue weighted by Crippen LogP contribution is -2.52. The van der Waals surface area contributed by atoms with Gasteiger partial charge in [0.1, 0.15) is 5.82 Å².